The van der Waals surface area contributed by atoms with Crippen LogP contribution in [-0.4, -0.2) is 16.3 Å². The molecular weight excluding hydrogens is 252 g/mol. The molecule has 1 aromatic heterocycles. The van der Waals surface area contributed by atoms with Crippen LogP contribution >= 0.6 is 0 Å². The van der Waals surface area contributed by atoms with Crippen LogP contribution in [0, 0.1) is 6.92 Å². The molecule has 0 spiro atoms. The van der Waals surface area contributed by atoms with Crippen molar-refractivity contribution < 1.29 is 9.63 Å². The molecule has 0 saturated heterocycles. The Morgan fingerprint density at radius 2 is 2.35 bits per heavy atom. The van der Waals surface area contributed by atoms with Crippen molar-refractivity contribution in [2.45, 2.75) is 45.4 Å². The molecule has 0 fully saturated rings. The Labute approximate surface area is 118 Å². The maximum atomic E-state index is 9.26. The van der Waals surface area contributed by atoms with Gasteiger partial charge in [-0.3, -0.25) is 0 Å². The average Bonchev–Trinajstić information content (AvgIpc) is 2.87. The fourth-order valence-electron chi connectivity index (χ4n) is 2.85. The monoisotopic (exact) mass is 272 g/mol. The fraction of sp³-hybridized carbons (Fsp3) is 0.438. The Bertz CT molecular complexity index is 578. The van der Waals surface area contributed by atoms with E-state index < -0.39 is 0 Å². The van der Waals surface area contributed by atoms with Gasteiger partial charge in [0, 0.05) is 24.6 Å². The van der Waals surface area contributed by atoms with Crippen LogP contribution in [0.1, 0.15) is 34.6 Å². The summed E-state index contributed by atoms with van der Waals surface area (Å²) in [6.45, 7) is 2.95. The lowest BCUT2D eigenvalue weighted by molar-refractivity contribution is 0.265. The average molecular weight is 272 g/mol. The van der Waals surface area contributed by atoms with Crippen molar-refractivity contribution in [2.24, 2.45) is 0 Å². The van der Waals surface area contributed by atoms with Crippen LogP contribution in [0.2, 0.25) is 0 Å². The molecule has 0 bridgehead atoms. The van der Waals surface area contributed by atoms with E-state index in [0.29, 0.717) is 11.7 Å². The highest BCUT2D eigenvalue weighted by Gasteiger charge is 2.24. The van der Waals surface area contributed by atoms with E-state index in [0.717, 1.165) is 37.1 Å². The number of benzene rings is 1. The molecule has 1 heterocycles. The molecular formula is C16H20N2O2. The Kier molecular flexibility index (Phi) is 3.85. The number of aliphatic hydroxyl groups is 1. The topological polar surface area (TPSA) is 58.3 Å². The van der Waals surface area contributed by atoms with E-state index >= 15 is 0 Å². The number of aliphatic hydroxyl groups excluding tert-OH is 1. The lowest BCUT2D eigenvalue weighted by Crippen LogP contribution is -2.34. The van der Waals surface area contributed by atoms with E-state index in [1.807, 2.05) is 0 Å². The predicted octanol–water partition coefficient (Wildman–Crippen LogP) is 2.12. The highest BCUT2D eigenvalue weighted by atomic mass is 16.5. The molecule has 4 nitrogen and oxygen atoms in total. The summed E-state index contributed by atoms with van der Waals surface area (Å²) >= 11 is 0. The van der Waals surface area contributed by atoms with Gasteiger partial charge in [-0.2, -0.15) is 0 Å². The first-order valence-corrected chi connectivity index (χ1v) is 7.12. The van der Waals surface area contributed by atoms with Gasteiger partial charge in [0.1, 0.15) is 11.5 Å². The van der Waals surface area contributed by atoms with Gasteiger partial charge in [-0.15, -0.1) is 0 Å². The summed E-state index contributed by atoms with van der Waals surface area (Å²) in [5.41, 5.74) is 4.39. The molecule has 1 aliphatic carbocycles. The van der Waals surface area contributed by atoms with Crippen LogP contribution in [0.15, 0.2) is 28.8 Å². The third-order valence-corrected chi connectivity index (χ3v) is 3.95. The van der Waals surface area contributed by atoms with Crippen molar-refractivity contribution in [1.29, 1.82) is 0 Å². The largest absolute Gasteiger partial charge is 0.390 e. The molecule has 106 valence electrons. The molecule has 1 aliphatic rings. The SMILES string of the molecule is Cc1cccc(CNC2CCc3onc(CO)c3C2)c1. The Morgan fingerprint density at radius 3 is 3.15 bits per heavy atom. The number of nitrogens with one attached hydrogen (secondary N) is 1. The van der Waals surface area contributed by atoms with Crippen molar-refractivity contribution in [2.75, 3.05) is 0 Å². The Hall–Kier alpha value is -1.65. The maximum absolute atomic E-state index is 9.26. The first kappa shape index (κ1) is 13.3. The molecule has 20 heavy (non-hydrogen) atoms. The van der Waals surface area contributed by atoms with Crippen LogP contribution in [0.4, 0.5) is 0 Å². The number of nitrogens with zero attached hydrogens (tertiary/aromatic N) is 1. The van der Waals surface area contributed by atoms with E-state index in [2.05, 4.69) is 41.7 Å². The van der Waals surface area contributed by atoms with Crippen LogP contribution in [0.5, 0.6) is 0 Å². The molecule has 3 rings (SSSR count). The van der Waals surface area contributed by atoms with Gasteiger partial charge in [0.15, 0.2) is 0 Å². The molecule has 1 unspecified atom stereocenters. The zero-order chi connectivity index (χ0) is 13.9. The van der Waals surface area contributed by atoms with Gasteiger partial charge in [0.25, 0.3) is 0 Å². The number of hydrogen-bond acceptors (Lipinski definition) is 4. The third kappa shape index (κ3) is 2.76. The molecule has 0 radical (unpaired) electrons. The zero-order valence-electron chi connectivity index (χ0n) is 11.7. The van der Waals surface area contributed by atoms with E-state index in [1.165, 1.54) is 11.1 Å². The van der Waals surface area contributed by atoms with Gasteiger partial charge >= 0.3 is 0 Å². The van der Waals surface area contributed by atoms with E-state index in [1.54, 1.807) is 0 Å². The van der Waals surface area contributed by atoms with Crippen LogP contribution < -0.4 is 5.32 Å². The van der Waals surface area contributed by atoms with E-state index in [-0.39, 0.29) is 6.61 Å². The normalized spacial score (nSPS) is 18.0. The maximum Gasteiger partial charge on any atom is 0.140 e. The van der Waals surface area contributed by atoms with Gasteiger partial charge in [0.2, 0.25) is 0 Å². The summed E-state index contributed by atoms with van der Waals surface area (Å²) in [5, 5.41) is 16.8. The molecule has 1 aromatic carbocycles. The minimum absolute atomic E-state index is 0.0383. The van der Waals surface area contributed by atoms with Gasteiger partial charge < -0.3 is 14.9 Å². The smallest absolute Gasteiger partial charge is 0.140 e. The number of aryl methyl sites for hydroxylation is 2. The second-order valence-electron chi connectivity index (χ2n) is 5.50. The Morgan fingerprint density at radius 1 is 1.45 bits per heavy atom. The first-order valence-electron chi connectivity index (χ1n) is 7.12. The van der Waals surface area contributed by atoms with Gasteiger partial charge in [0.05, 0.1) is 6.61 Å². The minimum atomic E-state index is -0.0383. The minimum Gasteiger partial charge on any atom is -0.390 e. The molecule has 4 heteroatoms. The summed E-state index contributed by atoms with van der Waals surface area (Å²) in [4.78, 5) is 0. The fourth-order valence-corrected chi connectivity index (χ4v) is 2.85. The molecule has 0 amide bonds. The van der Waals surface area contributed by atoms with Gasteiger partial charge in [-0.25, -0.2) is 0 Å². The summed E-state index contributed by atoms with van der Waals surface area (Å²) < 4.78 is 5.27. The van der Waals surface area contributed by atoms with Crippen molar-refractivity contribution in [3.63, 3.8) is 0 Å². The lowest BCUT2D eigenvalue weighted by Gasteiger charge is -2.22. The van der Waals surface area contributed by atoms with E-state index in [9.17, 15) is 5.11 Å². The molecule has 2 aromatic rings. The van der Waals surface area contributed by atoms with Crippen LogP contribution in [-0.2, 0) is 26.0 Å². The van der Waals surface area contributed by atoms with Gasteiger partial charge in [-0.1, -0.05) is 35.0 Å². The summed E-state index contributed by atoms with van der Waals surface area (Å²) in [7, 11) is 0. The third-order valence-electron chi connectivity index (χ3n) is 3.95. The summed E-state index contributed by atoms with van der Waals surface area (Å²) in [6, 6.07) is 8.98. The summed E-state index contributed by atoms with van der Waals surface area (Å²) in [5.74, 6) is 0.947. The molecule has 0 aliphatic heterocycles. The second-order valence-corrected chi connectivity index (χ2v) is 5.50. The first-order chi connectivity index (χ1) is 9.76. The van der Waals surface area contributed by atoms with Crippen molar-refractivity contribution >= 4 is 0 Å². The van der Waals surface area contributed by atoms with E-state index in [4.69, 9.17) is 4.52 Å². The highest BCUT2D eigenvalue weighted by Crippen LogP contribution is 2.24. The van der Waals surface area contributed by atoms with Crippen molar-refractivity contribution in [1.82, 2.24) is 10.5 Å². The van der Waals surface area contributed by atoms with Crippen molar-refractivity contribution in [3.8, 4) is 0 Å². The lowest BCUT2D eigenvalue weighted by atomic mass is 9.92. The molecule has 1 atom stereocenters. The molecule has 0 saturated carbocycles. The van der Waals surface area contributed by atoms with Crippen LogP contribution in [0.3, 0.4) is 0 Å². The summed E-state index contributed by atoms with van der Waals surface area (Å²) in [6.07, 6.45) is 2.84. The van der Waals surface area contributed by atoms with Gasteiger partial charge in [-0.05, 0) is 25.3 Å². The standard InChI is InChI=1S/C16H20N2O2/c1-11-3-2-4-12(7-11)9-17-13-5-6-16-14(8-13)15(10-19)18-20-16/h2-4,7,13,17,19H,5-6,8-10H2,1H3. The van der Waals surface area contributed by atoms with Crippen molar-refractivity contribution in [3.05, 3.63) is 52.4 Å². The highest BCUT2D eigenvalue weighted by molar-refractivity contribution is 5.27. The predicted molar refractivity (Wildman–Crippen MR) is 76.3 cm³/mol. The Balaban J connectivity index is 1.63. The second kappa shape index (κ2) is 5.77. The van der Waals surface area contributed by atoms with Crippen LogP contribution in [0.25, 0.3) is 0 Å². The number of rotatable bonds is 4. The zero-order valence-corrected chi connectivity index (χ0v) is 11.7. The quantitative estimate of drug-likeness (QED) is 0.895. The number of aromatic nitrogens is 1. The molecule has 2 N–H and O–H groups in total. The number of hydrogen-bond donors (Lipinski definition) is 2. The number of fused-ring (bicyclic) bond motifs is 1.